The third-order valence-corrected chi connectivity index (χ3v) is 5.15. The van der Waals surface area contributed by atoms with Gasteiger partial charge in [0.1, 0.15) is 5.75 Å². The molecule has 0 aliphatic carbocycles. The smallest absolute Gasteiger partial charge is 0.124 e. The summed E-state index contributed by atoms with van der Waals surface area (Å²) in [6.07, 6.45) is 2.93. The number of halogens is 1. The van der Waals surface area contributed by atoms with Crippen LogP contribution in [0.4, 0.5) is 0 Å². The monoisotopic (exact) mass is 355 g/mol. The van der Waals surface area contributed by atoms with E-state index < -0.39 is 0 Å². The predicted molar refractivity (Wildman–Crippen MR) is 84.5 cm³/mol. The molecule has 2 aliphatic heterocycles. The Bertz CT molecular complexity index is 502. The van der Waals surface area contributed by atoms with Crippen LogP contribution in [0.15, 0.2) is 22.7 Å². The molecule has 2 saturated heterocycles. The summed E-state index contributed by atoms with van der Waals surface area (Å²) in [6.45, 7) is 2.26. The maximum Gasteiger partial charge on any atom is 0.124 e. The lowest BCUT2D eigenvalue weighted by molar-refractivity contribution is -0.101. The fourth-order valence-corrected chi connectivity index (χ4v) is 3.79. The molecule has 0 aromatic heterocycles. The van der Waals surface area contributed by atoms with E-state index in [0.29, 0.717) is 12.5 Å². The number of hydrogen-bond donors (Lipinski definition) is 1. The van der Waals surface area contributed by atoms with Crippen LogP contribution in [-0.2, 0) is 9.47 Å². The Morgan fingerprint density at radius 1 is 1.43 bits per heavy atom. The molecule has 1 aromatic rings. The molecule has 5 heteroatoms. The first-order valence-corrected chi connectivity index (χ1v) is 8.24. The maximum atomic E-state index is 6.56. The van der Waals surface area contributed by atoms with E-state index in [2.05, 4.69) is 22.0 Å². The predicted octanol–water partition coefficient (Wildman–Crippen LogP) is 3.04. The lowest BCUT2D eigenvalue weighted by Gasteiger charge is -2.39. The summed E-state index contributed by atoms with van der Waals surface area (Å²) in [7, 11) is 1.69. The van der Waals surface area contributed by atoms with E-state index in [1.54, 1.807) is 7.11 Å². The van der Waals surface area contributed by atoms with Crippen LogP contribution in [0, 0.1) is 5.92 Å². The molecule has 1 aromatic carbocycles. The Kier molecular flexibility index (Phi) is 4.54. The second-order valence-electron chi connectivity index (χ2n) is 6.00. The quantitative estimate of drug-likeness (QED) is 0.905. The largest absolute Gasteiger partial charge is 0.496 e. The van der Waals surface area contributed by atoms with Crippen molar-refractivity contribution in [2.24, 2.45) is 11.7 Å². The van der Waals surface area contributed by atoms with Crippen molar-refractivity contribution < 1.29 is 14.2 Å². The zero-order valence-electron chi connectivity index (χ0n) is 12.3. The van der Waals surface area contributed by atoms with Crippen LogP contribution in [0.25, 0.3) is 0 Å². The molecule has 0 radical (unpaired) electrons. The molecule has 0 amide bonds. The SMILES string of the molecule is COc1cc(Br)ccc1C(N)C1CCOC2(CCOC2)C1. The van der Waals surface area contributed by atoms with E-state index in [9.17, 15) is 0 Å². The van der Waals surface area contributed by atoms with Gasteiger partial charge < -0.3 is 19.9 Å². The highest BCUT2D eigenvalue weighted by atomic mass is 79.9. The minimum absolute atomic E-state index is 0.0329. The average molecular weight is 356 g/mol. The molecular weight excluding hydrogens is 334 g/mol. The van der Waals surface area contributed by atoms with Crippen molar-refractivity contribution in [3.05, 3.63) is 28.2 Å². The van der Waals surface area contributed by atoms with Gasteiger partial charge in [0.2, 0.25) is 0 Å². The van der Waals surface area contributed by atoms with E-state index in [4.69, 9.17) is 19.9 Å². The number of hydrogen-bond acceptors (Lipinski definition) is 4. The Morgan fingerprint density at radius 2 is 2.29 bits per heavy atom. The van der Waals surface area contributed by atoms with Gasteiger partial charge in [0.15, 0.2) is 0 Å². The van der Waals surface area contributed by atoms with Crippen molar-refractivity contribution in [2.75, 3.05) is 26.9 Å². The third kappa shape index (κ3) is 3.11. The van der Waals surface area contributed by atoms with Crippen LogP contribution >= 0.6 is 15.9 Å². The van der Waals surface area contributed by atoms with Crippen LogP contribution in [0.5, 0.6) is 5.75 Å². The van der Waals surface area contributed by atoms with Crippen molar-refractivity contribution in [1.29, 1.82) is 0 Å². The van der Waals surface area contributed by atoms with Gasteiger partial charge in [0.05, 0.1) is 19.3 Å². The Balaban J connectivity index is 1.79. The van der Waals surface area contributed by atoms with Crippen molar-refractivity contribution in [3.8, 4) is 5.75 Å². The van der Waals surface area contributed by atoms with Gasteiger partial charge in [-0.25, -0.2) is 0 Å². The van der Waals surface area contributed by atoms with Gasteiger partial charge >= 0.3 is 0 Å². The molecule has 0 saturated carbocycles. The van der Waals surface area contributed by atoms with Crippen LogP contribution in [-0.4, -0.2) is 32.5 Å². The number of rotatable bonds is 3. The fourth-order valence-electron chi connectivity index (χ4n) is 3.45. The van der Waals surface area contributed by atoms with E-state index in [1.165, 1.54) is 0 Å². The molecule has 2 fully saturated rings. The summed E-state index contributed by atoms with van der Waals surface area (Å²) in [5, 5.41) is 0. The summed E-state index contributed by atoms with van der Waals surface area (Å²) >= 11 is 3.47. The second-order valence-corrected chi connectivity index (χ2v) is 6.91. The molecule has 2 aliphatic rings. The molecule has 116 valence electrons. The van der Waals surface area contributed by atoms with Gasteiger partial charge in [0, 0.05) is 35.7 Å². The molecule has 1 spiro atoms. The van der Waals surface area contributed by atoms with E-state index in [0.717, 1.165) is 48.3 Å². The first-order valence-electron chi connectivity index (χ1n) is 7.44. The molecule has 2 N–H and O–H groups in total. The van der Waals surface area contributed by atoms with Gasteiger partial charge in [-0.1, -0.05) is 22.0 Å². The summed E-state index contributed by atoms with van der Waals surface area (Å²) in [5.41, 5.74) is 7.52. The fraction of sp³-hybridized carbons (Fsp3) is 0.625. The molecule has 21 heavy (non-hydrogen) atoms. The van der Waals surface area contributed by atoms with Gasteiger partial charge in [-0.2, -0.15) is 0 Å². The number of benzene rings is 1. The third-order valence-electron chi connectivity index (χ3n) is 4.66. The summed E-state index contributed by atoms with van der Waals surface area (Å²) in [6, 6.07) is 6.02. The van der Waals surface area contributed by atoms with Gasteiger partial charge in [-0.05, 0) is 30.9 Å². The van der Waals surface area contributed by atoms with Gasteiger partial charge in [0.25, 0.3) is 0 Å². The Labute approximate surface area is 134 Å². The standard InChI is InChI=1S/C16H22BrNO3/c1-19-14-8-12(17)2-3-13(14)15(18)11-4-6-21-16(9-11)5-7-20-10-16/h2-3,8,11,15H,4-7,9-10,18H2,1H3. The van der Waals surface area contributed by atoms with Gasteiger partial charge in [-0.15, -0.1) is 0 Å². The zero-order valence-corrected chi connectivity index (χ0v) is 13.9. The summed E-state index contributed by atoms with van der Waals surface area (Å²) in [5.74, 6) is 1.25. The van der Waals surface area contributed by atoms with Crippen molar-refractivity contribution in [1.82, 2.24) is 0 Å². The van der Waals surface area contributed by atoms with Crippen LogP contribution in [0.1, 0.15) is 30.9 Å². The van der Waals surface area contributed by atoms with E-state index in [1.807, 2.05) is 12.1 Å². The molecule has 2 heterocycles. The number of ether oxygens (including phenoxy) is 3. The number of methoxy groups -OCH3 is 1. The lowest BCUT2D eigenvalue weighted by atomic mass is 9.79. The van der Waals surface area contributed by atoms with Crippen LogP contribution < -0.4 is 10.5 Å². The normalized spacial score (nSPS) is 30.5. The molecule has 3 rings (SSSR count). The van der Waals surface area contributed by atoms with Crippen LogP contribution in [0.2, 0.25) is 0 Å². The summed E-state index contributed by atoms with van der Waals surface area (Å²) in [4.78, 5) is 0. The zero-order chi connectivity index (χ0) is 14.9. The second kappa shape index (κ2) is 6.24. The maximum absolute atomic E-state index is 6.56. The van der Waals surface area contributed by atoms with Crippen LogP contribution in [0.3, 0.4) is 0 Å². The highest BCUT2D eigenvalue weighted by Gasteiger charge is 2.42. The van der Waals surface area contributed by atoms with E-state index in [-0.39, 0.29) is 11.6 Å². The minimum atomic E-state index is -0.108. The average Bonchev–Trinajstić information content (AvgIpc) is 2.94. The molecule has 3 unspecified atom stereocenters. The molecule has 4 nitrogen and oxygen atoms in total. The van der Waals surface area contributed by atoms with Crippen molar-refractivity contribution in [2.45, 2.75) is 30.9 Å². The topological polar surface area (TPSA) is 53.7 Å². The highest BCUT2D eigenvalue weighted by Crippen LogP contribution is 2.42. The van der Waals surface area contributed by atoms with E-state index >= 15 is 0 Å². The summed E-state index contributed by atoms with van der Waals surface area (Å²) < 4.78 is 18.0. The lowest BCUT2D eigenvalue weighted by Crippen LogP contribution is -2.43. The molecule has 3 atom stereocenters. The highest BCUT2D eigenvalue weighted by molar-refractivity contribution is 9.10. The first kappa shape index (κ1) is 15.3. The van der Waals surface area contributed by atoms with Crippen molar-refractivity contribution in [3.63, 3.8) is 0 Å². The van der Waals surface area contributed by atoms with Crippen molar-refractivity contribution >= 4 is 15.9 Å². The molecule has 0 bridgehead atoms. The Morgan fingerprint density at radius 3 is 3.00 bits per heavy atom. The molecular formula is C16H22BrNO3. The Hall–Kier alpha value is -0.620. The number of nitrogens with two attached hydrogens (primary N) is 1. The van der Waals surface area contributed by atoms with Gasteiger partial charge in [-0.3, -0.25) is 0 Å². The minimum Gasteiger partial charge on any atom is -0.496 e. The first-order chi connectivity index (χ1) is 10.1.